The lowest BCUT2D eigenvalue weighted by Crippen LogP contribution is -2.05. The van der Waals surface area contributed by atoms with Crippen LogP contribution in [0.25, 0.3) is 0 Å². The summed E-state index contributed by atoms with van der Waals surface area (Å²) in [5, 5.41) is 25.3. The van der Waals surface area contributed by atoms with Gasteiger partial charge in [0.25, 0.3) is 0 Å². The Morgan fingerprint density at radius 3 is 1.55 bits per heavy atom. The van der Waals surface area contributed by atoms with Crippen LogP contribution in [0.5, 0.6) is 0 Å². The van der Waals surface area contributed by atoms with Crippen molar-refractivity contribution < 1.29 is 24.9 Å². The van der Waals surface area contributed by atoms with E-state index in [2.05, 4.69) is 0 Å². The Morgan fingerprint density at radius 2 is 1.45 bits per heavy atom. The van der Waals surface area contributed by atoms with E-state index in [4.69, 9.17) is 15.3 Å². The van der Waals surface area contributed by atoms with Gasteiger partial charge >= 0.3 is 11.9 Å². The molecule has 0 saturated heterocycles. The van der Waals surface area contributed by atoms with Crippen LogP contribution >= 0.6 is 0 Å². The van der Waals surface area contributed by atoms with E-state index in [1.54, 1.807) is 0 Å². The highest BCUT2D eigenvalue weighted by atomic mass is 16.4. The number of hydrogen-bond acceptors (Lipinski definition) is 3. The van der Waals surface area contributed by atoms with Crippen molar-refractivity contribution >= 4 is 11.9 Å². The Labute approximate surface area is 62.3 Å². The number of carbonyl (C=O) groups is 2. The minimum absolute atomic E-state index is 0.367. The predicted octanol–water partition coefficient (Wildman–Crippen LogP) is -0.990. The predicted molar refractivity (Wildman–Crippen MR) is 32.8 cm³/mol. The normalized spacial score (nSPS) is 34.8. The van der Waals surface area contributed by atoms with Crippen molar-refractivity contribution in [1.82, 2.24) is 0 Å². The average Bonchev–Trinajstić information content (AvgIpc) is 2.59. The zero-order chi connectivity index (χ0) is 8.59. The van der Waals surface area contributed by atoms with Crippen LogP contribution in [-0.2, 0) is 9.59 Å². The lowest BCUT2D eigenvalue weighted by molar-refractivity contribution is -0.144. The van der Waals surface area contributed by atoms with E-state index in [0.717, 1.165) is 0 Å². The molecule has 0 aromatic carbocycles. The highest BCUT2D eigenvalue weighted by Crippen LogP contribution is 2.46. The van der Waals surface area contributed by atoms with Crippen molar-refractivity contribution in [2.24, 2.45) is 17.8 Å². The molecule has 0 aromatic heterocycles. The number of aliphatic hydroxyl groups is 1. The second-order valence-electron chi connectivity index (χ2n) is 2.57. The van der Waals surface area contributed by atoms with Gasteiger partial charge in [0.15, 0.2) is 0 Å². The first-order chi connectivity index (χ1) is 5.09. The minimum atomic E-state index is -1.14. The topological polar surface area (TPSA) is 94.8 Å². The maximum absolute atomic E-state index is 10.3. The van der Waals surface area contributed by atoms with E-state index in [9.17, 15) is 9.59 Å². The molecule has 0 aromatic rings. The molecule has 1 fully saturated rings. The van der Waals surface area contributed by atoms with Crippen LogP contribution in [0.1, 0.15) is 0 Å². The highest BCUT2D eigenvalue weighted by molar-refractivity contribution is 5.86. The van der Waals surface area contributed by atoms with Crippen LogP contribution in [0.15, 0.2) is 0 Å². The molecule has 5 nitrogen and oxygen atoms in total. The van der Waals surface area contributed by atoms with Gasteiger partial charge in [0, 0.05) is 12.5 Å². The third-order valence-corrected chi connectivity index (χ3v) is 1.95. The van der Waals surface area contributed by atoms with E-state index >= 15 is 0 Å². The first-order valence-electron chi connectivity index (χ1n) is 3.16. The average molecular weight is 160 g/mol. The molecule has 1 unspecified atom stereocenters. The Hall–Kier alpha value is -1.10. The number of aliphatic carboxylic acids is 2. The molecule has 1 aliphatic rings. The minimum Gasteiger partial charge on any atom is -0.481 e. The first-order valence-corrected chi connectivity index (χ1v) is 3.16. The summed E-state index contributed by atoms with van der Waals surface area (Å²) in [4.78, 5) is 20.5. The fraction of sp³-hybridized carbons (Fsp3) is 0.667. The van der Waals surface area contributed by atoms with E-state index in [-0.39, 0.29) is 6.61 Å². The largest absolute Gasteiger partial charge is 0.481 e. The van der Waals surface area contributed by atoms with Gasteiger partial charge in [-0.25, -0.2) is 0 Å². The SMILES string of the molecule is O=C(O)[C@@H]1C(CO)[C@@H]1C(=O)O. The molecular weight excluding hydrogens is 152 g/mol. The van der Waals surface area contributed by atoms with Gasteiger partial charge in [-0.15, -0.1) is 0 Å². The van der Waals surface area contributed by atoms with Gasteiger partial charge in [-0.2, -0.15) is 0 Å². The molecule has 0 bridgehead atoms. The second-order valence-corrected chi connectivity index (χ2v) is 2.57. The standard InChI is InChI=1S/C6H8O5/c7-1-2-3(5(8)9)4(2)6(10)11/h2-4,7H,1H2,(H,8,9)(H,10,11)/t2?,3-,4+. The Balaban J connectivity index is 2.59. The second kappa shape index (κ2) is 2.50. The lowest BCUT2D eigenvalue weighted by atomic mass is 10.3. The number of aliphatic hydroxyl groups excluding tert-OH is 1. The number of hydrogen-bond donors (Lipinski definition) is 3. The third kappa shape index (κ3) is 1.19. The van der Waals surface area contributed by atoms with Crippen molar-refractivity contribution in [3.63, 3.8) is 0 Å². The van der Waals surface area contributed by atoms with Gasteiger partial charge in [-0.05, 0) is 0 Å². The molecule has 5 heteroatoms. The summed E-state index contributed by atoms with van der Waals surface area (Å²) in [6.45, 7) is -0.367. The van der Waals surface area contributed by atoms with E-state index in [0.29, 0.717) is 0 Å². The first kappa shape index (κ1) is 8.00. The molecule has 62 valence electrons. The number of rotatable bonds is 3. The molecular formula is C6H8O5. The summed E-state index contributed by atoms with van der Waals surface area (Å²) in [6, 6.07) is 0. The summed E-state index contributed by atoms with van der Waals surface area (Å²) >= 11 is 0. The zero-order valence-corrected chi connectivity index (χ0v) is 5.60. The molecule has 1 saturated carbocycles. The quantitative estimate of drug-likeness (QED) is 0.492. The maximum atomic E-state index is 10.3. The van der Waals surface area contributed by atoms with Gasteiger partial charge in [0.2, 0.25) is 0 Å². The molecule has 3 N–H and O–H groups in total. The molecule has 0 aliphatic heterocycles. The number of carboxylic acids is 2. The van der Waals surface area contributed by atoms with Crippen LogP contribution in [0.2, 0.25) is 0 Å². The summed E-state index contributed by atoms with van der Waals surface area (Å²) < 4.78 is 0. The van der Waals surface area contributed by atoms with Crippen LogP contribution in [0.3, 0.4) is 0 Å². The van der Waals surface area contributed by atoms with Crippen molar-refractivity contribution in [2.45, 2.75) is 0 Å². The van der Waals surface area contributed by atoms with Crippen LogP contribution in [-0.4, -0.2) is 33.9 Å². The van der Waals surface area contributed by atoms with Gasteiger partial charge in [0.1, 0.15) is 0 Å². The molecule has 0 spiro atoms. The van der Waals surface area contributed by atoms with Gasteiger partial charge in [-0.3, -0.25) is 9.59 Å². The Morgan fingerprint density at radius 1 is 1.09 bits per heavy atom. The van der Waals surface area contributed by atoms with Gasteiger partial charge in [0.05, 0.1) is 11.8 Å². The molecule has 1 rings (SSSR count). The molecule has 11 heavy (non-hydrogen) atoms. The van der Waals surface area contributed by atoms with Crippen LogP contribution in [0.4, 0.5) is 0 Å². The molecule has 0 amide bonds. The van der Waals surface area contributed by atoms with E-state index in [1.807, 2.05) is 0 Å². The van der Waals surface area contributed by atoms with Crippen molar-refractivity contribution in [1.29, 1.82) is 0 Å². The van der Waals surface area contributed by atoms with Crippen LogP contribution in [0, 0.1) is 17.8 Å². The summed E-state index contributed by atoms with van der Waals surface area (Å²) in [5.74, 6) is -4.66. The monoisotopic (exact) mass is 160 g/mol. The van der Waals surface area contributed by atoms with E-state index in [1.165, 1.54) is 0 Å². The van der Waals surface area contributed by atoms with Crippen molar-refractivity contribution in [3.8, 4) is 0 Å². The summed E-state index contributed by atoms with van der Waals surface area (Å²) in [6.07, 6.45) is 0. The highest BCUT2D eigenvalue weighted by Gasteiger charge is 2.59. The van der Waals surface area contributed by atoms with Crippen LogP contribution < -0.4 is 0 Å². The third-order valence-electron chi connectivity index (χ3n) is 1.95. The van der Waals surface area contributed by atoms with Crippen molar-refractivity contribution in [2.75, 3.05) is 6.61 Å². The smallest absolute Gasteiger partial charge is 0.307 e. The Kier molecular flexibility index (Phi) is 1.82. The Bertz CT molecular complexity index is 179. The molecule has 3 atom stereocenters. The molecule has 0 heterocycles. The maximum Gasteiger partial charge on any atom is 0.307 e. The fourth-order valence-electron chi connectivity index (χ4n) is 1.27. The molecule has 0 radical (unpaired) electrons. The molecule has 1 aliphatic carbocycles. The summed E-state index contributed by atoms with van der Waals surface area (Å²) in [7, 11) is 0. The van der Waals surface area contributed by atoms with Gasteiger partial charge < -0.3 is 15.3 Å². The van der Waals surface area contributed by atoms with Crippen molar-refractivity contribution in [3.05, 3.63) is 0 Å². The number of carboxylic acid groups (broad SMARTS) is 2. The summed E-state index contributed by atoms with van der Waals surface area (Å²) in [5.41, 5.74) is 0. The van der Waals surface area contributed by atoms with Gasteiger partial charge in [-0.1, -0.05) is 0 Å². The zero-order valence-electron chi connectivity index (χ0n) is 5.60. The lowest BCUT2D eigenvalue weighted by Gasteiger charge is -1.84. The fourth-order valence-corrected chi connectivity index (χ4v) is 1.27. The van der Waals surface area contributed by atoms with E-state index < -0.39 is 29.7 Å².